The van der Waals surface area contributed by atoms with E-state index in [9.17, 15) is 0 Å². The van der Waals surface area contributed by atoms with Gasteiger partial charge in [0.05, 0.1) is 0 Å². The predicted molar refractivity (Wildman–Crippen MR) is 89.9 cm³/mol. The van der Waals surface area contributed by atoms with Crippen LogP contribution in [0.4, 0.5) is 5.13 Å². The normalized spacial score (nSPS) is 31.5. The molecule has 5 heteroatoms. The molecule has 0 amide bonds. The number of hydrogen-bond donors (Lipinski definition) is 1. The van der Waals surface area contributed by atoms with E-state index in [0.29, 0.717) is 12.0 Å². The molecule has 21 heavy (non-hydrogen) atoms. The second-order valence-electron chi connectivity index (χ2n) is 6.49. The summed E-state index contributed by atoms with van der Waals surface area (Å²) in [6.07, 6.45) is 7.30. The highest BCUT2D eigenvalue weighted by Crippen LogP contribution is 2.34. The van der Waals surface area contributed by atoms with Gasteiger partial charge in [-0.05, 0) is 31.2 Å². The smallest absolute Gasteiger partial charge is 0.185 e. The molecule has 1 aliphatic heterocycles. The van der Waals surface area contributed by atoms with Crippen LogP contribution in [0.5, 0.6) is 0 Å². The van der Waals surface area contributed by atoms with Gasteiger partial charge in [-0.25, -0.2) is 4.98 Å². The van der Waals surface area contributed by atoms with E-state index in [-0.39, 0.29) is 0 Å². The maximum Gasteiger partial charge on any atom is 0.185 e. The molecule has 3 rings (SSSR count). The summed E-state index contributed by atoms with van der Waals surface area (Å²) in [5.74, 6) is 1.62. The Hall–Kier alpha value is -0.650. The van der Waals surface area contributed by atoms with Crippen molar-refractivity contribution in [1.29, 1.82) is 0 Å². The zero-order valence-electron chi connectivity index (χ0n) is 13.1. The third kappa shape index (κ3) is 3.41. The molecule has 3 atom stereocenters. The minimum Gasteiger partial charge on any atom is -0.346 e. The van der Waals surface area contributed by atoms with E-state index in [2.05, 4.69) is 27.1 Å². The van der Waals surface area contributed by atoms with Crippen molar-refractivity contribution in [3.63, 3.8) is 0 Å². The van der Waals surface area contributed by atoms with Crippen LogP contribution in [0.1, 0.15) is 32.6 Å². The van der Waals surface area contributed by atoms with E-state index in [0.717, 1.165) is 38.6 Å². The number of piperazine rings is 1. The number of thiazole rings is 1. The highest BCUT2D eigenvalue weighted by molar-refractivity contribution is 7.13. The number of nitrogens with zero attached hydrogens (tertiary/aromatic N) is 3. The quantitative estimate of drug-likeness (QED) is 0.928. The molecule has 2 N–H and O–H groups in total. The average Bonchev–Trinajstić information content (AvgIpc) is 3.09. The average molecular weight is 308 g/mol. The molecule has 0 spiro atoms. The van der Waals surface area contributed by atoms with Crippen molar-refractivity contribution >= 4 is 16.5 Å². The van der Waals surface area contributed by atoms with Gasteiger partial charge in [-0.3, -0.25) is 4.90 Å². The van der Waals surface area contributed by atoms with Gasteiger partial charge in [0.1, 0.15) is 0 Å². The third-order valence-electron chi connectivity index (χ3n) is 5.42. The Bertz CT molecular complexity index is 414. The standard InChI is InChI=1S/C16H28N4S/c1-2-13-3-4-14(12-17)15(11-13)19-6-8-20(9-7-19)16-18-5-10-21-16/h5,10,13-15H,2-4,6-9,11-12,17H2,1H3. The van der Waals surface area contributed by atoms with Crippen LogP contribution in [0.2, 0.25) is 0 Å². The Morgan fingerprint density at radius 3 is 2.71 bits per heavy atom. The lowest BCUT2D eigenvalue weighted by molar-refractivity contribution is 0.0757. The van der Waals surface area contributed by atoms with Crippen LogP contribution in [0.3, 0.4) is 0 Å². The first-order valence-electron chi connectivity index (χ1n) is 8.40. The van der Waals surface area contributed by atoms with Crippen LogP contribution in [-0.4, -0.2) is 48.6 Å². The Labute approximate surface area is 132 Å². The van der Waals surface area contributed by atoms with E-state index < -0.39 is 0 Å². The van der Waals surface area contributed by atoms with Gasteiger partial charge in [0.25, 0.3) is 0 Å². The second-order valence-corrected chi connectivity index (χ2v) is 7.36. The second kappa shape index (κ2) is 7.07. The molecule has 1 saturated carbocycles. The van der Waals surface area contributed by atoms with Crippen molar-refractivity contribution in [1.82, 2.24) is 9.88 Å². The zero-order valence-corrected chi connectivity index (χ0v) is 13.9. The van der Waals surface area contributed by atoms with Crippen LogP contribution in [-0.2, 0) is 0 Å². The monoisotopic (exact) mass is 308 g/mol. The van der Waals surface area contributed by atoms with Crippen molar-refractivity contribution < 1.29 is 0 Å². The molecule has 2 heterocycles. The summed E-state index contributed by atoms with van der Waals surface area (Å²) in [5, 5.41) is 3.25. The minimum atomic E-state index is 0.708. The third-order valence-corrected chi connectivity index (χ3v) is 6.25. The Morgan fingerprint density at radius 2 is 2.10 bits per heavy atom. The molecular weight excluding hydrogens is 280 g/mol. The van der Waals surface area contributed by atoms with Crippen molar-refractivity contribution in [2.24, 2.45) is 17.6 Å². The lowest BCUT2D eigenvalue weighted by atomic mass is 9.76. The number of anilines is 1. The lowest BCUT2D eigenvalue weighted by Gasteiger charge is -2.45. The molecule has 2 aliphatic rings. The number of rotatable bonds is 4. The molecule has 2 fully saturated rings. The van der Waals surface area contributed by atoms with Crippen LogP contribution in [0.15, 0.2) is 11.6 Å². The lowest BCUT2D eigenvalue weighted by Crippen LogP contribution is -2.55. The predicted octanol–water partition coefficient (Wildman–Crippen LogP) is 2.42. The van der Waals surface area contributed by atoms with Crippen LogP contribution in [0.25, 0.3) is 0 Å². The van der Waals surface area contributed by atoms with Gasteiger partial charge in [-0.2, -0.15) is 0 Å². The van der Waals surface area contributed by atoms with Crippen molar-refractivity contribution in [2.45, 2.75) is 38.6 Å². The maximum atomic E-state index is 6.05. The first-order valence-corrected chi connectivity index (χ1v) is 9.28. The molecule has 4 nitrogen and oxygen atoms in total. The van der Waals surface area contributed by atoms with Crippen LogP contribution in [0, 0.1) is 11.8 Å². The van der Waals surface area contributed by atoms with Gasteiger partial charge in [0, 0.05) is 43.8 Å². The summed E-state index contributed by atoms with van der Waals surface area (Å²) in [7, 11) is 0. The Kier molecular flexibility index (Phi) is 5.14. The molecule has 1 aliphatic carbocycles. The van der Waals surface area contributed by atoms with E-state index in [1.807, 2.05) is 6.20 Å². The Balaban J connectivity index is 1.59. The van der Waals surface area contributed by atoms with Gasteiger partial charge >= 0.3 is 0 Å². The van der Waals surface area contributed by atoms with Gasteiger partial charge in [0.2, 0.25) is 0 Å². The Morgan fingerprint density at radius 1 is 1.29 bits per heavy atom. The van der Waals surface area contributed by atoms with Gasteiger partial charge in [-0.1, -0.05) is 19.8 Å². The minimum absolute atomic E-state index is 0.708. The van der Waals surface area contributed by atoms with Gasteiger partial charge in [0.15, 0.2) is 5.13 Å². The van der Waals surface area contributed by atoms with Gasteiger partial charge < -0.3 is 10.6 Å². The van der Waals surface area contributed by atoms with E-state index in [1.165, 1.54) is 30.8 Å². The van der Waals surface area contributed by atoms with Crippen molar-refractivity contribution in [3.05, 3.63) is 11.6 Å². The summed E-state index contributed by atoms with van der Waals surface area (Å²) in [5.41, 5.74) is 6.05. The molecule has 3 unspecified atom stereocenters. The molecular formula is C16H28N4S. The summed E-state index contributed by atoms with van der Waals surface area (Å²) in [6.45, 7) is 7.74. The summed E-state index contributed by atoms with van der Waals surface area (Å²) >= 11 is 1.75. The summed E-state index contributed by atoms with van der Waals surface area (Å²) in [6, 6.07) is 0.715. The van der Waals surface area contributed by atoms with E-state index in [1.54, 1.807) is 11.3 Å². The molecule has 1 aromatic heterocycles. The topological polar surface area (TPSA) is 45.4 Å². The van der Waals surface area contributed by atoms with E-state index in [4.69, 9.17) is 5.73 Å². The largest absolute Gasteiger partial charge is 0.346 e. The number of aromatic nitrogens is 1. The molecule has 118 valence electrons. The van der Waals surface area contributed by atoms with Crippen molar-refractivity contribution in [3.8, 4) is 0 Å². The molecule has 0 bridgehead atoms. The zero-order chi connectivity index (χ0) is 14.7. The highest BCUT2D eigenvalue weighted by atomic mass is 32.1. The number of hydrogen-bond acceptors (Lipinski definition) is 5. The highest BCUT2D eigenvalue weighted by Gasteiger charge is 2.34. The molecule has 0 aromatic carbocycles. The SMILES string of the molecule is CCC1CCC(CN)C(N2CCN(c3nccs3)CC2)C1. The molecule has 1 aromatic rings. The maximum absolute atomic E-state index is 6.05. The first kappa shape index (κ1) is 15.3. The van der Waals surface area contributed by atoms with Crippen LogP contribution < -0.4 is 10.6 Å². The molecule has 1 saturated heterocycles. The van der Waals surface area contributed by atoms with E-state index >= 15 is 0 Å². The fraction of sp³-hybridized carbons (Fsp3) is 0.812. The summed E-state index contributed by atoms with van der Waals surface area (Å²) < 4.78 is 0. The van der Waals surface area contributed by atoms with Crippen LogP contribution >= 0.6 is 11.3 Å². The van der Waals surface area contributed by atoms with Gasteiger partial charge in [-0.15, -0.1) is 11.3 Å². The molecule has 0 radical (unpaired) electrons. The summed E-state index contributed by atoms with van der Waals surface area (Å²) in [4.78, 5) is 9.58. The first-order chi connectivity index (χ1) is 10.3. The van der Waals surface area contributed by atoms with Crippen molar-refractivity contribution in [2.75, 3.05) is 37.6 Å². The fourth-order valence-electron chi connectivity index (χ4n) is 4.00. The fourth-order valence-corrected chi connectivity index (χ4v) is 4.70. The number of nitrogens with two attached hydrogens (primary N) is 1.